The number of nitrogens with zero attached hydrogens (tertiary/aromatic N) is 2. The molecule has 0 fully saturated rings. The van der Waals surface area contributed by atoms with Crippen LogP contribution >= 0.6 is 11.8 Å². The number of rotatable bonds is 7. The topological polar surface area (TPSA) is 73.2 Å². The number of anilines is 1. The van der Waals surface area contributed by atoms with Crippen LogP contribution in [0.15, 0.2) is 71.1 Å². The Morgan fingerprint density at radius 2 is 2.00 bits per heavy atom. The van der Waals surface area contributed by atoms with E-state index in [-0.39, 0.29) is 30.3 Å². The summed E-state index contributed by atoms with van der Waals surface area (Å²) in [6.07, 6.45) is 1.84. The van der Waals surface area contributed by atoms with Crippen LogP contribution in [-0.4, -0.2) is 21.2 Å². The second-order valence-corrected chi connectivity index (χ2v) is 8.37. The summed E-state index contributed by atoms with van der Waals surface area (Å²) < 4.78 is 20.9. The van der Waals surface area contributed by atoms with Crippen LogP contribution in [0.3, 0.4) is 0 Å². The van der Waals surface area contributed by atoms with Crippen molar-refractivity contribution in [3.8, 4) is 5.75 Å². The third-order valence-electron chi connectivity index (χ3n) is 5.23. The first-order valence-electron chi connectivity index (χ1n) is 10.1. The van der Waals surface area contributed by atoms with E-state index in [0.29, 0.717) is 28.0 Å². The van der Waals surface area contributed by atoms with E-state index in [1.807, 2.05) is 18.2 Å². The van der Waals surface area contributed by atoms with Crippen molar-refractivity contribution in [2.75, 3.05) is 11.1 Å². The average molecular weight is 452 g/mol. The smallest absolute Gasteiger partial charge is 0.279 e. The molecule has 1 aliphatic rings. The van der Waals surface area contributed by atoms with E-state index in [4.69, 9.17) is 4.74 Å². The molecule has 0 aliphatic carbocycles. The van der Waals surface area contributed by atoms with E-state index in [1.165, 1.54) is 23.9 Å². The number of thioether (sulfide) groups is 1. The maximum atomic E-state index is 13.2. The van der Waals surface area contributed by atoms with Gasteiger partial charge in [0.2, 0.25) is 5.91 Å². The van der Waals surface area contributed by atoms with Gasteiger partial charge in [0.05, 0.1) is 5.56 Å². The molecular weight excluding hydrogens is 429 g/mol. The number of amides is 1. The zero-order valence-electron chi connectivity index (χ0n) is 17.5. The predicted molar refractivity (Wildman–Crippen MR) is 123 cm³/mol. The Morgan fingerprint density at radius 1 is 1.25 bits per heavy atom. The SMILES string of the molecule is C=CCSc1nc(=O)c2c(n1C)NC(=O)CC2c1ccccc1OCc1ccc(F)cc1. The first-order chi connectivity index (χ1) is 15.5. The van der Waals surface area contributed by atoms with Crippen molar-refractivity contribution in [1.29, 1.82) is 0 Å². The third-order valence-corrected chi connectivity index (χ3v) is 6.26. The Morgan fingerprint density at radius 3 is 2.75 bits per heavy atom. The molecule has 3 aromatic rings. The van der Waals surface area contributed by atoms with Gasteiger partial charge in [0.1, 0.15) is 24.0 Å². The molecule has 6 nitrogen and oxygen atoms in total. The molecule has 1 amide bonds. The fraction of sp³-hybridized carbons (Fsp3) is 0.208. The second-order valence-electron chi connectivity index (χ2n) is 7.38. The first-order valence-corrected chi connectivity index (χ1v) is 11.1. The average Bonchev–Trinajstić information content (AvgIpc) is 2.79. The zero-order valence-corrected chi connectivity index (χ0v) is 18.3. The van der Waals surface area contributed by atoms with Crippen LogP contribution in [0.4, 0.5) is 10.2 Å². The van der Waals surface area contributed by atoms with Gasteiger partial charge in [0.25, 0.3) is 5.56 Å². The van der Waals surface area contributed by atoms with Gasteiger partial charge in [0, 0.05) is 30.7 Å². The normalized spacial score (nSPS) is 15.1. The minimum absolute atomic E-state index is 0.111. The van der Waals surface area contributed by atoms with Gasteiger partial charge in [-0.05, 0) is 23.8 Å². The number of aromatic nitrogens is 2. The highest BCUT2D eigenvalue weighted by Gasteiger charge is 2.33. The zero-order chi connectivity index (χ0) is 22.7. The van der Waals surface area contributed by atoms with Crippen LogP contribution in [0, 0.1) is 5.82 Å². The van der Waals surface area contributed by atoms with E-state index in [2.05, 4.69) is 16.9 Å². The quantitative estimate of drug-likeness (QED) is 0.330. The molecule has 1 unspecified atom stereocenters. The molecule has 2 aromatic carbocycles. The molecule has 1 atom stereocenters. The summed E-state index contributed by atoms with van der Waals surface area (Å²) in [5, 5.41) is 3.35. The predicted octanol–water partition coefficient (Wildman–Crippen LogP) is 4.25. The van der Waals surface area contributed by atoms with Gasteiger partial charge in [-0.2, -0.15) is 4.98 Å². The number of hydrogen-bond acceptors (Lipinski definition) is 5. The number of carbonyl (C=O) groups excluding carboxylic acids is 1. The number of benzene rings is 2. The minimum atomic E-state index is -0.493. The summed E-state index contributed by atoms with van der Waals surface area (Å²) in [5.74, 6) is 0.620. The molecule has 8 heteroatoms. The van der Waals surface area contributed by atoms with Crippen molar-refractivity contribution in [2.45, 2.75) is 24.1 Å². The fourth-order valence-electron chi connectivity index (χ4n) is 3.71. The Hall–Kier alpha value is -3.39. The van der Waals surface area contributed by atoms with Gasteiger partial charge in [0.15, 0.2) is 5.16 Å². The largest absolute Gasteiger partial charge is 0.489 e. The van der Waals surface area contributed by atoms with Crippen LogP contribution in [-0.2, 0) is 18.4 Å². The molecule has 1 aromatic heterocycles. The maximum absolute atomic E-state index is 13.2. The number of halogens is 1. The van der Waals surface area contributed by atoms with Crippen LogP contribution in [0.1, 0.15) is 29.0 Å². The third kappa shape index (κ3) is 4.45. The van der Waals surface area contributed by atoms with Crippen molar-refractivity contribution >= 4 is 23.5 Å². The summed E-state index contributed by atoms with van der Waals surface area (Å²) in [6, 6.07) is 13.4. The van der Waals surface area contributed by atoms with Gasteiger partial charge in [-0.15, -0.1) is 6.58 Å². The van der Waals surface area contributed by atoms with Gasteiger partial charge in [-0.3, -0.25) is 9.59 Å². The molecule has 0 radical (unpaired) electrons. The lowest BCUT2D eigenvalue weighted by molar-refractivity contribution is -0.116. The molecular formula is C24H22FN3O3S. The van der Waals surface area contributed by atoms with Crippen molar-refractivity contribution in [3.05, 3.63) is 94.0 Å². The lowest BCUT2D eigenvalue weighted by atomic mass is 9.86. The Kier molecular flexibility index (Phi) is 6.41. The molecule has 0 spiro atoms. The number of nitrogens with one attached hydrogen (secondary N) is 1. The van der Waals surface area contributed by atoms with E-state index in [9.17, 15) is 14.0 Å². The van der Waals surface area contributed by atoms with Crippen molar-refractivity contribution in [2.24, 2.45) is 7.05 Å². The summed E-state index contributed by atoms with van der Waals surface area (Å²) in [7, 11) is 1.77. The lowest BCUT2D eigenvalue weighted by Gasteiger charge is -2.28. The van der Waals surface area contributed by atoms with Gasteiger partial charge in [-0.25, -0.2) is 4.39 Å². The minimum Gasteiger partial charge on any atom is -0.489 e. The molecule has 2 heterocycles. The number of para-hydroxylation sites is 1. The van der Waals surface area contributed by atoms with Crippen molar-refractivity contribution in [1.82, 2.24) is 9.55 Å². The van der Waals surface area contributed by atoms with Crippen molar-refractivity contribution in [3.63, 3.8) is 0 Å². The molecule has 0 bridgehead atoms. The summed E-state index contributed by atoms with van der Waals surface area (Å²) in [6.45, 7) is 3.93. The molecule has 4 rings (SSSR count). The van der Waals surface area contributed by atoms with E-state index < -0.39 is 5.92 Å². The molecule has 0 saturated carbocycles. The first kappa shape index (κ1) is 21.8. The molecule has 164 valence electrons. The van der Waals surface area contributed by atoms with E-state index in [1.54, 1.807) is 35.9 Å². The van der Waals surface area contributed by atoms with Crippen LogP contribution in [0.25, 0.3) is 0 Å². The lowest BCUT2D eigenvalue weighted by Crippen LogP contribution is -2.33. The second kappa shape index (κ2) is 9.40. The van der Waals surface area contributed by atoms with Crippen LogP contribution in [0.5, 0.6) is 5.75 Å². The Balaban J connectivity index is 1.72. The maximum Gasteiger partial charge on any atom is 0.279 e. The van der Waals surface area contributed by atoms with E-state index in [0.717, 1.165) is 11.1 Å². The molecule has 1 aliphatic heterocycles. The summed E-state index contributed by atoms with van der Waals surface area (Å²) in [4.78, 5) is 29.8. The summed E-state index contributed by atoms with van der Waals surface area (Å²) in [5.41, 5.74) is 1.61. The Bertz CT molecular complexity index is 1220. The summed E-state index contributed by atoms with van der Waals surface area (Å²) >= 11 is 1.37. The fourth-order valence-corrected chi connectivity index (χ4v) is 4.40. The van der Waals surface area contributed by atoms with Crippen molar-refractivity contribution < 1.29 is 13.9 Å². The molecule has 32 heavy (non-hydrogen) atoms. The number of ether oxygens (including phenoxy) is 1. The molecule has 0 saturated heterocycles. The van der Waals surface area contributed by atoms with Gasteiger partial charge < -0.3 is 14.6 Å². The highest BCUT2D eigenvalue weighted by Crippen LogP contribution is 2.39. The Labute approximate surface area is 189 Å². The highest BCUT2D eigenvalue weighted by molar-refractivity contribution is 7.99. The van der Waals surface area contributed by atoms with Gasteiger partial charge in [-0.1, -0.05) is 48.2 Å². The van der Waals surface area contributed by atoms with E-state index >= 15 is 0 Å². The van der Waals surface area contributed by atoms with Crippen LogP contribution < -0.4 is 15.6 Å². The monoisotopic (exact) mass is 451 g/mol. The number of fused-ring (bicyclic) bond motifs is 1. The van der Waals surface area contributed by atoms with Gasteiger partial charge >= 0.3 is 0 Å². The number of hydrogen-bond donors (Lipinski definition) is 1. The molecule has 1 N–H and O–H groups in total. The van der Waals surface area contributed by atoms with Crippen LogP contribution in [0.2, 0.25) is 0 Å². The standard InChI is InChI=1S/C24H22FN3O3S/c1-3-12-32-24-27-23(30)21-18(13-20(29)26-22(21)28(24)2)17-6-4-5-7-19(17)31-14-15-8-10-16(25)11-9-15/h3-11,18H,1,12-14H2,2H3,(H,26,29). The number of carbonyl (C=O) groups is 1. The highest BCUT2D eigenvalue weighted by atomic mass is 32.2.